The molecule has 0 spiro atoms. The van der Waals surface area contributed by atoms with Crippen molar-refractivity contribution in [3.8, 4) is 5.75 Å². The molecule has 0 aliphatic carbocycles. The van der Waals surface area contributed by atoms with E-state index in [-0.39, 0.29) is 12.5 Å². The number of anilines is 1. The lowest BCUT2D eigenvalue weighted by Gasteiger charge is -2.38. The largest absolute Gasteiger partial charge is 0.497 e. The number of methoxy groups -OCH3 is 1. The van der Waals surface area contributed by atoms with Gasteiger partial charge in [0, 0.05) is 6.54 Å². The van der Waals surface area contributed by atoms with Crippen LogP contribution in [0.15, 0.2) is 48.5 Å². The van der Waals surface area contributed by atoms with Crippen molar-refractivity contribution in [1.82, 2.24) is 9.55 Å². The number of nitrogens with zero attached hydrogens (tertiary/aromatic N) is 3. The molecular formula is C24H27N3O4. The van der Waals surface area contributed by atoms with Crippen molar-refractivity contribution >= 4 is 28.9 Å². The molecule has 0 saturated heterocycles. The van der Waals surface area contributed by atoms with E-state index in [1.807, 2.05) is 53.1 Å². The number of unbranched alkanes of at least 4 members (excludes halogenated alkanes) is 1. The van der Waals surface area contributed by atoms with Crippen molar-refractivity contribution < 1.29 is 19.1 Å². The summed E-state index contributed by atoms with van der Waals surface area (Å²) in [5, 5.41) is 0. The van der Waals surface area contributed by atoms with E-state index in [2.05, 4.69) is 6.92 Å². The van der Waals surface area contributed by atoms with Crippen LogP contribution in [0.3, 0.4) is 0 Å². The Morgan fingerprint density at radius 2 is 1.94 bits per heavy atom. The lowest BCUT2D eigenvalue weighted by Crippen LogP contribution is -2.50. The molecule has 4 rings (SSSR count). The number of hydrogen-bond donors (Lipinski definition) is 0. The smallest absolute Gasteiger partial charge is 0.321 e. The fraction of sp³-hybridized carbons (Fsp3) is 0.375. The lowest BCUT2D eigenvalue weighted by atomic mass is 9.89. The van der Waals surface area contributed by atoms with Crippen LogP contribution in [0.2, 0.25) is 0 Å². The molecule has 0 N–H and O–H groups in total. The molecule has 2 heterocycles. The van der Waals surface area contributed by atoms with Crippen molar-refractivity contribution in [2.45, 2.75) is 32.7 Å². The summed E-state index contributed by atoms with van der Waals surface area (Å²) in [5.41, 5.74) is 2.45. The zero-order valence-corrected chi connectivity index (χ0v) is 18.1. The molecule has 162 valence electrons. The van der Waals surface area contributed by atoms with E-state index in [1.54, 1.807) is 18.9 Å². The van der Waals surface area contributed by atoms with Crippen LogP contribution in [-0.2, 0) is 14.3 Å². The summed E-state index contributed by atoms with van der Waals surface area (Å²) in [7, 11) is 1.60. The highest BCUT2D eigenvalue weighted by atomic mass is 16.5. The molecule has 0 fully saturated rings. The fourth-order valence-corrected chi connectivity index (χ4v) is 4.20. The number of para-hydroxylation sites is 2. The number of fused-ring (bicyclic) bond motifs is 3. The standard InChI is InChI=1S/C24H27N3O4/c1-4-6-14-26-22(28)20(23(29)31-5-2)21(16-10-9-11-17(15-16)30-3)27-19-13-8-7-12-18(19)25-24(26)27/h7-13,15,20-21H,4-6,14H2,1-3H3. The molecule has 2 aromatic carbocycles. The third-order valence-electron chi connectivity index (χ3n) is 5.66. The summed E-state index contributed by atoms with van der Waals surface area (Å²) in [6, 6.07) is 14.6. The van der Waals surface area contributed by atoms with Crippen LogP contribution >= 0.6 is 0 Å². The molecule has 1 amide bonds. The van der Waals surface area contributed by atoms with E-state index in [4.69, 9.17) is 14.5 Å². The Morgan fingerprint density at radius 3 is 2.68 bits per heavy atom. The Morgan fingerprint density at radius 1 is 1.13 bits per heavy atom. The Hall–Kier alpha value is -3.35. The van der Waals surface area contributed by atoms with Crippen LogP contribution in [0, 0.1) is 5.92 Å². The lowest BCUT2D eigenvalue weighted by molar-refractivity contribution is -0.153. The van der Waals surface area contributed by atoms with Crippen molar-refractivity contribution in [2.24, 2.45) is 5.92 Å². The molecule has 0 bridgehead atoms. The van der Waals surface area contributed by atoms with Crippen LogP contribution in [-0.4, -0.2) is 41.7 Å². The second-order valence-electron chi connectivity index (χ2n) is 7.57. The Bertz CT molecular complexity index is 1110. The van der Waals surface area contributed by atoms with Gasteiger partial charge in [0.05, 0.1) is 30.8 Å². The van der Waals surface area contributed by atoms with Gasteiger partial charge < -0.3 is 14.0 Å². The maximum Gasteiger partial charge on any atom is 0.321 e. The van der Waals surface area contributed by atoms with E-state index in [0.717, 1.165) is 29.4 Å². The van der Waals surface area contributed by atoms with Crippen molar-refractivity contribution in [1.29, 1.82) is 0 Å². The van der Waals surface area contributed by atoms with Crippen LogP contribution in [0.1, 0.15) is 38.3 Å². The highest BCUT2D eigenvalue weighted by Crippen LogP contribution is 2.42. The SMILES string of the molecule is CCCCN1C(=O)C(C(=O)OCC)C(c2cccc(OC)c2)n2c1nc1ccccc12. The minimum Gasteiger partial charge on any atom is -0.497 e. The average Bonchev–Trinajstić information content (AvgIpc) is 3.17. The van der Waals surface area contributed by atoms with Crippen molar-refractivity contribution in [3.63, 3.8) is 0 Å². The molecule has 3 aromatic rings. The molecule has 1 aliphatic rings. The molecule has 31 heavy (non-hydrogen) atoms. The maximum atomic E-state index is 13.7. The number of imidazole rings is 1. The van der Waals surface area contributed by atoms with Crippen LogP contribution in [0.25, 0.3) is 11.0 Å². The summed E-state index contributed by atoms with van der Waals surface area (Å²) in [6.45, 7) is 4.53. The first kappa shape index (κ1) is 20.9. The molecule has 0 radical (unpaired) electrons. The van der Waals surface area contributed by atoms with Gasteiger partial charge in [-0.2, -0.15) is 0 Å². The normalized spacial score (nSPS) is 18.2. The first-order valence-electron chi connectivity index (χ1n) is 10.7. The van der Waals surface area contributed by atoms with Gasteiger partial charge >= 0.3 is 5.97 Å². The molecule has 1 aromatic heterocycles. The average molecular weight is 421 g/mol. The Kier molecular flexibility index (Phi) is 5.93. The quantitative estimate of drug-likeness (QED) is 0.426. The van der Waals surface area contributed by atoms with E-state index >= 15 is 0 Å². The Balaban J connectivity index is 1.98. The molecular weight excluding hydrogens is 394 g/mol. The van der Waals surface area contributed by atoms with Gasteiger partial charge in [0.1, 0.15) is 5.75 Å². The monoisotopic (exact) mass is 421 g/mol. The third-order valence-corrected chi connectivity index (χ3v) is 5.66. The van der Waals surface area contributed by atoms with Gasteiger partial charge in [-0.3, -0.25) is 14.5 Å². The first-order chi connectivity index (χ1) is 15.1. The number of carbonyl (C=O) groups is 2. The number of esters is 1. The van der Waals surface area contributed by atoms with Crippen LogP contribution < -0.4 is 9.64 Å². The van der Waals surface area contributed by atoms with Crippen molar-refractivity contribution in [2.75, 3.05) is 25.2 Å². The van der Waals surface area contributed by atoms with E-state index in [9.17, 15) is 9.59 Å². The third kappa shape index (κ3) is 3.65. The highest BCUT2D eigenvalue weighted by molar-refractivity contribution is 6.08. The van der Waals surface area contributed by atoms with Gasteiger partial charge in [0.15, 0.2) is 5.92 Å². The van der Waals surface area contributed by atoms with Crippen LogP contribution in [0.5, 0.6) is 5.75 Å². The molecule has 2 unspecified atom stereocenters. The van der Waals surface area contributed by atoms with E-state index in [1.165, 1.54) is 0 Å². The number of amides is 1. The number of ether oxygens (including phenoxy) is 2. The van der Waals surface area contributed by atoms with Gasteiger partial charge in [-0.05, 0) is 43.2 Å². The topological polar surface area (TPSA) is 73.7 Å². The summed E-state index contributed by atoms with van der Waals surface area (Å²) >= 11 is 0. The van der Waals surface area contributed by atoms with Crippen LogP contribution in [0.4, 0.5) is 5.95 Å². The number of aromatic nitrogens is 2. The molecule has 7 heteroatoms. The summed E-state index contributed by atoms with van der Waals surface area (Å²) in [5.74, 6) is -0.582. The van der Waals surface area contributed by atoms with Gasteiger partial charge in [-0.25, -0.2) is 4.98 Å². The molecule has 2 atom stereocenters. The minimum atomic E-state index is -1.01. The minimum absolute atomic E-state index is 0.208. The number of rotatable bonds is 7. The zero-order valence-electron chi connectivity index (χ0n) is 18.1. The summed E-state index contributed by atoms with van der Waals surface area (Å²) in [4.78, 5) is 33.2. The predicted molar refractivity (Wildman–Crippen MR) is 118 cm³/mol. The number of hydrogen-bond acceptors (Lipinski definition) is 5. The first-order valence-corrected chi connectivity index (χ1v) is 10.7. The molecule has 7 nitrogen and oxygen atoms in total. The number of carbonyl (C=O) groups excluding carboxylic acids is 2. The second-order valence-corrected chi connectivity index (χ2v) is 7.57. The second kappa shape index (κ2) is 8.79. The van der Waals surface area contributed by atoms with Gasteiger partial charge in [-0.1, -0.05) is 37.6 Å². The summed E-state index contributed by atoms with van der Waals surface area (Å²) in [6.07, 6.45) is 1.74. The highest BCUT2D eigenvalue weighted by Gasteiger charge is 2.47. The summed E-state index contributed by atoms with van der Waals surface area (Å²) < 4.78 is 12.8. The van der Waals surface area contributed by atoms with E-state index < -0.39 is 17.9 Å². The molecule has 0 saturated carbocycles. The fourth-order valence-electron chi connectivity index (χ4n) is 4.20. The zero-order chi connectivity index (χ0) is 22.0. The molecule has 1 aliphatic heterocycles. The van der Waals surface area contributed by atoms with Crippen molar-refractivity contribution in [3.05, 3.63) is 54.1 Å². The maximum absolute atomic E-state index is 13.7. The van der Waals surface area contributed by atoms with Gasteiger partial charge in [0.2, 0.25) is 11.9 Å². The Labute approximate surface area is 181 Å². The van der Waals surface area contributed by atoms with E-state index in [0.29, 0.717) is 18.2 Å². The number of benzene rings is 2. The van der Waals surface area contributed by atoms with Gasteiger partial charge in [-0.15, -0.1) is 0 Å². The predicted octanol–water partition coefficient (Wildman–Crippen LogP) is 3.96. The van der Waals surface area contributed by atoms with Gasteiger partial charge in [0.25, 0.3) is 0 Å².